The van der Waals surface area contributed by atoms with E-state index < -0.39 is 0 Å². The van der Waals surface area contributed by atoms with Crippen molar-refractivity contribution in [1.29, 1.82) is 0 Å². The van der Waals surface area contributed by atoms with E-state index in [0.29, 0.717) is 0 Å². The normalized spacial score (nSPS) is 14.5. The van der Waals surface area contributed by atoms with Crippen LogP contribution >= 0.6 is 0 Å². The SMILES string of the molecule is C1=CC(c2nc3ccccc3[nH]2)=CNN1. The van der Waals surface area contributed by atoms with Crippen LogP contribution in [0.2, 0.25) is 0 Å². The molecule has 3 N–H and O–H groups in total. The zero-order valence-corrected chi connectivity index (χ0v) is 7.99. The quantitative estimate of drug-likeness (QED) is 0.651. The molecule has 0 atom stereocenters. The third-order valence-corrected chi connectivity index (χ3v) is 2.32. The highest BCUT2D eigenvalue weighted by Gasteiger charge is 2.06. The number of allylic oxidation sites excluding steroid dienone is 2. The number of para-hydroxylation sites is 2. The van der Waals surface area contributed by atoms with Gasteiger partial charge in [0.1, 0.15) is 5.82 Å². The lowest BCUT2D eigenvalue weighted by Gasteiger charge is -2.07. The lowest BCUT2D eigenvalue weighted by atomic mass is 10.2. The van der Waals surface area contributed by atoms with Gasteiger partial charge in [-0.25, -0.2) is 4.98 Å². The fourth-order valence-corrected chi connectivity index (χ4v) is 1.58. The van der Waals surface area contributed by atoms with E-state index >= 15 is 0 Å². The van der Waals surface area contributed by atoms with Gasteiger partial charge in [-0.05, 0) is 18.2 Å². The summed E-state index contributed by atoms with van der Waals surface area (Å²) in [5.74, 6) is 0.876. The Balaban J connectivity index is 2.11. The maximum absolute atomic E-state index is 4.49. The first-order valence-corrected chi connectivity index (χ1v) is 4.76. The van der Waals surface area contributed by atoms with Crippen LogP contribution in [0.4, 0.5) is 0 Å². The number of nitrogens with one attached hydrogen (secondary N) is 3. The van der Waals surface area contributed by atoms with E-state index in [2.05, 4.69) is 20.8 Å². The van der Waals surface area contributed by atoms with Crippen molar-refractivity contribution in [2.45, 2.75) is 0 Å². The Kier molecular flexibility index (Phi) is 1.71. The lowest BCUT2D eigenvalue weighted by Crippen LogP contribution is -2.23. The Labute approximate surface area is 86.7 Å². The van der Waals surface area contributed by atoms with E-state index in [1.807, 2.05) is 42.7 Å². The highest BCUT2D eigenvalue weighted by Crippen LogP contribution is 2.17. The van der Waals surface area contributed by atoms with E-state index in [1.165, 1.54) is 0 Å². The molecule has 1 aliphatic rings. The smallest absolute Gasteiger partial charge is 0.140 e. The predicted octanol–water partition coefficient (Wildman–Crippen LogP) is 1.53. The number of hydrogen-bond donors (Lipinski definition) is 3. The van der Waals surface area contributed by atoms with Gasteiger partial charge in [0.05, 0.1) is 11.0 Å². The van der Waals surface area contributed by atoms with Gasteiger partial charge in [0.25, 0.3) is 0 Å². The summed E-state index contributed by atoms with van der Waals surface area (Å²) in [5.41, 5.74) is 8.86. The summed E-state index contributed by atoms with van der Waals surface area (Å²) in [7, 11) is 0. The van der Waals surface area contributed by atoms with Crippen LogP contribution < -0.4 is 10.9 Å². The first-order valence-electron chi connectivity index (χ1n) is 4.76. The number of hydrogen-bond acceptors (Lipinski definition) is 3. The topological polar surface area (TPSA) is 52.7 Å². The Morgan fingerprint density at radius 3 is 2.80 bits per heavy atom. The van der Waals surface area contributed by atoms with Gasteiger partial charge in [0.15, 0.2) is 0 Å². The van der Waals surface area contributed by atoms with Crippen molar-refractivity contribution in [2.75, 3.05) is 0 Å². The summed E-state index contributed by atoms with van der Waals surface area (Å²) in [4.78, 5) is 7.76. The average Bonchev–Trinajstić information content (AvgIpc) is 2.74. The molecule has 3 rings (SSSR count). The van der Waals surface area contributed by atoms with Crippen LogP contribution in [0.1, 0.15) is 5.82 Å². The molecule has 15 heavy (non-hydrogen) atoms. The Morgan fingerprint density at radius 1 is 1.07 bits per heavy atom. The number of H-pyrrole nitrogens is 1. The van der Waals surface area contributed by atoms with Crippen molar-refractivity contribution in [3.05, 3.63) is 48.6 Å². The maximum Gasteiger partial charge on any atom is 0.140 e. The molecule has 0 bridgehead atoms. The van der Waals surface area contributed by atoms with E-state index in [1.54, 1.807) is 0 Å². The van der Waals surface area contributed by atoms with Gasteiger partial charge in [0.2, 0.25) is 0 Å². The van der Waals surface area contributed by atoms with Crippen molar-refractivity contribution < 1.29 is 0 Å². The number of aromatic amines is 1. The third kappa shape index (κ3) is 1.36. The largest absolute Gasteiger partial charge is 0.338 e. The van der Waals surface area contributed by atoms with E-state index in [-0.39, 0.29) is 0 Å². The number of hydrazine groups is 1. The second kappa shape index (κ2) is 3.16. The van der Waals surface area contributed by atoms with Gasteiger partial charge in [-0.1, -0.05) is 12.1 Å². The van der Waals surface area contributed by atoms with Crippen LogP contribution in [0, 0.1) is 0 Å². The Morgan fingerprint density at radius 2 is 2.00 bits per heavy atom. The van der Waals surface area contributed by atoms with Crippen LogP contribution in [-0.2, 0) is 0 Å². The zero-order chi connectivity index (χ0) is 10.1. The summed E-state index contributed by atoms with van der Waals surface area (Å²) in [6, 6.07) is 7.99. The number of benzene rings is 1. The van der Waals surface area contributed by atoms with Crippen molar-refractivity contribution in [3.8, 4) is 0 Å². The first kappa shape index (κ1) is 8.11. The average molecular weight is 198 g/mol. The summed E-state index contributed by atoms with van der Waals surface area (Å²) >= 11 is 0. The lowest BCUT2D eigenvalue weighted by molar-refractivity contribution is 0.769. The molecular formula is C11H10N4. The molecule has 0 unspecified atom stereocenters. The minimum absolute atomic E-state index is 0.876. The number of nitrogens with zero attached hydrogens (tertiary/aromatic N) is 1. The Hall–Kier alpha value is -2.23. The summed E-state index contributed by atoms with van der Waals surface area (Å²) in [6.07, 6.45) is 5.68. The van der Waals surface area contributed by atoms with Gasteiger partial charge in [0, 0.05) is 18.0 Å². The van der Waals surface area contributed by atoms with Crippen LogP contribution in [0.15, 0.2) is 42.7 Å². The van der Waals surface area contributed by atoms with Crippen LogP contribution in [0.25, 0.3) is 16.6 Å². The van der Waals surface area contributed by atoms with Gasteiger partial charge < -0.3 is 15.8 Å². The molecule has 4 heteroatoms. The fourth-order valence-electron chi connectivity index (χ4n) is 1.58. The van der Waals surface area contributed by atoms with Crippen LogP contribution in [-0.4, -0.2) is 9.97 Å². The van der Waals surface area contributed by atoms with Gasteiger partial charge >= 0.3 is 0 Å². The fraction of sp³-hybridized carbons (Fsp3) is 0. The summed E-state index contributed by atoms with van der Waals surface area (Å²) in [5, 5.41) is 0. The predicted molar refractivity (Wildman–Crippen MR) is 59.5 cm³/mol. The molecule has 0 fully saturated rings. The first-order chi connectivity index (χ1) is 7.43. The summed E-state index contributed by atoms with van der Waals surface area (Å²) in [6.45, 7) is 0. The highest BCUT2D eigenvalue weighted by atomic mass is 15.3. The van der Waals surface area contributed by atoms with Crippen molar-refractivity contribution in [2.24, 2.45) is 0 Å². The van der Waals surface area contributed by atoms with E-state index in [4.69, 9.17) is 0 Å². The van der Waals surface area contributed by atoms with Gasteiger partial charge in [-0.3, -0.25) is 0 Å². The standard InChI is InChI=1S/C11H10N4/c1-2-4-10-9(3-1)14-11(15-10)8-5-6-12-13-7-8/h1-7,12-13H,(H,14,15). The molecule has 2 heterocycles. The molecule has 0 saturated carbocycles. The molecule has 4 nitrogen and oxygen atoms in total. The molecular weight excluding hydrogens is 188 g/mol. The van der Waals surface area contributed by atoms with Crippen molar-refractivity contribution >= 4 is 16.6 Å². The van der Waals surface area contributed by atoms with Gasteiger partial charge in [-0.2, -0.15) is 0 Å². The molecule has 1 aromatic carbocycles. The minimum atomic E-state index is 0.876. The van der Waals surface area contributed by atoms with Crippen LogP contribution in [0.3, 0.4) is 0 Å². The molecule has 1 aromatic heterocycles. The molecule has 0 saturated heterocycles. The minimum Gasteiger partial charge on any atom is -0.338 e. The van der Waals surface area contributed by atoms with Crippen molar-refractivity contribution in [1.82, 2.24) is 20.8 Å². The molecule has 0 radical (unpaired) electrons. The van der Waals surface area contributed by atoms with Crippen LogP contribution in [0.5, 0.6) is 0 Å². The number of rotatable bonds is 1. The van der Waals surface area contributed by atoms with Crippen molar-refractivity contribution in [3.63, 3.8) is 0 Å². The second-order valence-corrected chi connectivity index (χ2v) is 3.32. The number of imidazole rings is 1. The highest BCUT2D eigenvalue weighted by molar-refractivity contribution is 5.80. The molecule has 0 amide bonds. The third-order valence-electron chi connectivity index (χ3n) is 2.32. The summed E-state index contributed by atoms with van der Waals surface area (Å²) < 4.78 is 0. The Bertz CT molecular complexity index is 517. The zero-order valence-electron chi connectivity index (χ0n) is 7.99. The van der Waals surface area contributed by atoms with E-state index in [9.17, 15) is 0 Å². The molecule has 1 aliphatic heterocycles. The second-order valence-electron chi connectivity index (χ2n) is 3.32. The number of aromatic nitrogens is 2. The maximum atomic E-state index is 4.49. The number of fused-ring (bicyclic) bond motifs is 1. The van der Waals surface area contributed by atoms with Gasteiger partial charge in [-0.15, -0.1) is 0 Å². The molecule has 0 spiro atoms. The van der Waals surface area contributed by atoms with E-state index in [0.717, 1.165) is 22.4 Å². The molecule has 74 valence electrons. The molecule has 2 aromatic rings. The molecule has 0 aliphatic carbocycles. The monoisotopic (exact) mass is 198 g/mol.